The molecule has 114 valence electrons. The summed E-state index contributed by atoms with van der Waals surface area (Å²) in [6.45, 7) is 2.50. The van der Waals surface area contributed by atoms with Gasteiger partial charge in [-0.25, -0.2) is 13.1 Å². The second kappa shape index (κ2) is 7.02. The van der Waals surface area contributed by atoms with E-state index in [1.807, 2.05) is 38.2 Å². The molecule has 1 unspecified atom stereocenters. The summed E-state index contributed by atoms with van der Waals surface area (Å²) < 4.78 is 28.4. The molecular formula is C14H17BrN2O2S2. The molecule has 7 heteroatoms. The van der Waals surface area contributed by atoms with E-state index in [1.165, 1.54) is 11.3 Å². The van der Waals surface area contributed by atoms with Crippen molar-refractivity contribution in [3.63, 3.8) is 0 Å². The maximum Gasteiger partial charge on any atom is 0.241 e. The Morgan fingerprint density at radius 1 is 1.29 bits per heavy atom. The van der Waals surface area contributed by atoms with Crippen LogP contribution in [0.2, 0.25) is 0 Å². The fourth-order valence-corrected chi connectivity index (χ4v) is 4.67. The first-order chi connectivity index (χ1) is 9.92. The van der Waals surface area contributed by atoms with Crippen LogP contribution >= 0.6 is 27.3 Å². The van der Waals surface area contributed by atoms with Crippen molar-refractivity contribution in [2.24, 2.45) is 0 Å². The SMILES string of the molecule is CNCc1cc(S(=O)(=O)NC(C)c2ccc(Br)cc2)cs1. The number of halogens is 1. The molecular weight excluding hydrogens is 372 g/mol. The van der Waals surface area contributed by atoms with E-state index in [2.05, 4.69) is 26.0 Å². The Morgan fingerprint density at radius 2 is 1.95 bits per heavy atom. The van der Waals surface area contributed by atoms with E-state index in [4.69, 9.17) is 0 Å². The first-order valence-corrected chi connectivity index (χ1v) is 9.58. The molecule has 1 aromatic carbocycles. The predicted molar refractivity (Wildman–Crippen MR) is 90.0 cm³/mol. The second-order valence-corrected chi connectivity index (χ2v) is 8.30. The van der Waals surface area contributed by atoms with Crippen molar-refractivity contribution in [1.82, 2.24) is 10.0 Å². The summed E-state index contributed by atoms with van der Waals surface area (Å²) in [6.07, 6.45) is 0. The topological polar surface area (TPSA) is 58.2 Å². The molecule has 1 aromatic heterocycles. The second-order valence-electron chi connectivity index (χ2n) is 4.67. The van der Waals surface area contributed by atoms with E-state index < -0.39 is 10.0 Å². The lowest BCUT2D eigenvalue weighted by Gasteiger charge is -2.14. The molecule has 0 bridgehead atoms. The van der Waals surface area contributed by atoms with Crippen LogP contribution in [0.3, 0.4) is 0 Å². The summed E-state index contributed by atoms with van der Waals surface area (Å²) in [5.41, 5.74) is 0.924. The van der Waals surface area contributed by atoms with Crippen molar-refractivity contribution in [3.05, 3.63) is 50.6 Å². The monoisotopic (exact) mass is 388 g/mol. The molecule has 1 atom stereocenters. The maximum absolute atomic E-state index is 12.4. The Kier molecular flexibility index (Phi) is 5.56. The van der Waals surface area contributed by atoms with Crippen LogP contribution in [0.4, 0.5) is 0 Å². The molecule has 0 radical (unpaired) electrons. The third-order valence-electron chi connectivity index (χ3n) is 2.99. The highest BCUT2D eigenvalue weighted by Gasteiger charge is 2.19. The van der Waals surface area contributed by atoms with Gasteiger partial charge in [-0.3, -0.25) is 0 Å². The predicted octanol–water partition coefficient (Wildman–Crippen LogP) is 3.27. The summed E-state index contributed by atoms with van der Waals surface area (Å²) in [6, 6.07) is 9.02. The van der Waals surface area contributed by atoms with E-state index in [0.717, 1.165) is 14.9 Å². The van der Waals surface area contributed by atoms with Crippen LogP contribution < -0.4 is 10.0 Å². The highest BCUT2D eigenvalue weighted by molar-refractivity contribution is 9.10. The van der Waals surface area contributed by atoms with Gasteiger partial charge in [0.2, 0.25) is 10.0 Å². The third-order valence-corrected chi connectivity index (χ3v) is 6.13. The zero-order valence-corrected chi connectivity index (χ0v) is 15.0. The van der Waals surface area contributed by atoms with Crippen molar-refractivity contribution in [1.29, 1.82) is 0 Å². The zero-order valence-electron chi connectivity index (χ0n) is 11.8. The van der Waals surface area contributed by atoms with Crippen LogP contribution in [-0.4, -0.2) is 15.5 Å². The Balaban J connectivity index is 2.14. The van der Waals surface area contributed by atoms with Crippen LogP contribution in [0.25, 0.3) is 0 Å². The lowest BCUT2D eigenvalue weighted by atomic mass is 10.1. The molecule has 1 heterocycles. The Labute approximate surface area is 137 Å². The summed E-state index contributed by atoms with van der Waals surface area (Å²) in [7, 11) is -1.66. The molecule has 0 amide bonds. The molecule has 2 N–H and O–H groups in total. The number of sulfonamides is 1. The zero-order chi connectivity index (χ0) is 15.5. The minimum Gasteiger partial charge on any atom is -0.315 e. The Bertz CT molecular complexity index is 696. The number of rotatable bonds is 6. The number of thiophene rings is 1. The first-order valence-electron chi connectivity index (χ1n) is 6.42. The molecule has 0 aliphatic heterocycles. The molecule has 4 nitrogen and oxygen atoms in total. The molecule has 0 saturated heterocycles. The Morgan fingerprint density at radius 3 is 2.57 bits per heavy atom. The van der Waals surface area contributed by atoms with Crippen molar-refractivity contribution in [3.8, 4) is 0 Å². The maximum atomic E-state index is 12.4. The summed E-state index contributed by atoms with van der Waals surface area (Å²) >= 11 is 4.80. The largest absolute Gasteiger partial charge is 0.315 e. The van der Waals surface area contributed by atoms with Crippen LogP contribution in [-0.2, 0) is 16.6 Å². The van der Waals surface area contributed by atoms with Gasteiger partial charge in [0.1, 0.15) is 0 Å². The van der Waals surface area contributed by atoms with E-state index >= 15 is 0 Å². The van der Waals surface area contributed by atoms with E-state index in [0.29, 0.717) is 11.4 Å². The molecule has 21 heavy (non-hydrogen) atoms. The lowest BCUT2D eigenvalue weighted by Crippen LogP contribution is -2.26. The van der Waals surface area contributed by atoms with Gasteiger partial charge in [-0.1, -0.05) is 28.1 Å². The molecule has 0 aliphatic carbocycles. The lowest BCUT2D eigenvalue weighted by molar-refractivity contribution is 0.567. The van der Waals surface area contributed by atoms with Gasteiger partial charge in [-0.05, 0) is 37.7 Å². The quantitative estimate of drug-likeness (QED) is 0.797. The number of nitrogens with one attached hydrogen (secondary N) is 2. The van der Waals surface area contributed by atoms with Gasteiger partial charge in [0.05, 0.1) is 4.90 Å². The van der Waals surface area contributed by atoms with Gasteiger partial charge in [-0.15, -0.1) is 11.3 Å². The van der Waals surface area contributed by atoms with Gasteiger partial charge in [0.25, 0.3) is 0 Å². The normalized spacial score (nSPS) is 13.3. The average molecular weight is 389 g/mol. The molecule has 2 rings (SSSR count). The van der Waals surface area contributed by atoms with Crippen LogP contribution in [0, 0.1) is 0 Å². The van der Waals surface area contributed by atoms with E-state index in [1.54, 1.807) is 11.4 Å². The number of benzene rings is 1. The van der Waals surface area contributed by atoms with Gasteiger partial charge < -0.3 is 5.32 Å². The molecule has 0 saturated carbocycles. The minimum absolute atomic E-state index is 0.282. The van der Waals surface area contributed by atoms with E-state index in [9.17, 15) is 8.42 Å². The van der Waals surface area contributed by atoms with Crippen molar-refractivity contribution < 1.29 is 8.42 Å². The fraction of sp³-hybridized carbons (Fsp3) is 0.286. The first kappa shape index (κ1) is 16.6. The van der Waals surface area contributed by atoms with Crippen LogP contribution in [0.5, 0.6) is 0 Å². The summed E-state index contributed by atoms with van der Waals surface area (Å²) in [5.74, 6) is 0. The van der Waals surface area contributed by atoms with Crippen LogP contribution in [0.15, 0.2) is 45.1 Å². The smallest absolute Gasteiger partial charge is 0.241 e. The van der Waals surface area contributed by atoms with Crippen molar-refractivity contribution in [2.75, 3.05) is 7.05 Å². The van der Waals surface area contributed by atoms with Crippen molar-refractivity contribution >= 4 is 37.3 Å². The molecule has 0 spiro atoms. The number of hydrogen-bond donors (Lipinski definition) is 2. The third kappa shape index (κ3) is 4.37. The van der Waals surface area contributed by atoms with E-state index in [-0.39, 0.29) is 6.04 Å². The van der Waals surface area contributed by atoms with Gasteiger partial charge in [-0.2, -0.15) is 0 Å². The standard InChI is InChI=1S/C14H17BrN2O2S2/c1-10(11-3-5-12(15)6-4-11)17-21(18,19)14-7-13(8-16-2)20-9-14/h3-7,9-10,16-17H,8H2,1-2H3. The highest BCUT2D eigenvalue weighted by Crippen LogP contribution is 2.22. The molecule has 0 fully saturated rings. The van der Waals surface area contributed by atoms with Gasteiger partial charge >= 0.3 is 0 Å². The molecule has 0 aliphatic rings. The van der Waals surface area contributed by atoms with Crippen molar-refractivity contribution in [2.45, 2.75) is 24.4 Å². The van der Waals surface area contributed by atoms with Gasteiger partial charge in [0, 0.05) is 27.3 Å². The highest BCUT2D eigenvalue weighted by atomic mass is 79.9. The Hall–Kier alpha value is -0.730. The van der Waals surface area contributed by atoms with Gasteiger partial charge in [0.15, 0.2) is 0 Å². The number of hydrogen-bond acceptors (Lipinski definition) is 4. The average Bonchev–Trinajstić information content (AvgIpc) is 2.89. The molecule has 2 aromatic rings. The summed E-state index contributed by atoms with van der Waals surface area (Å²) in [5, 5.41) is 4.68. The minimum atomic E-state index is -3.49. The van der Waals surface area contributed by atoms with Crippen LogP contribution in [0.1, 0.15) is 23.4 Å². The summed E-state index contributed by atoms with van der Waals surface area (Å²) in [4.78, 5) is 1.32. The fourth-order valence-electron chi connectivity index (χ4n) is 1.89.